The highest BCUT2D eigenvalue weighted by Gasteiger charge is 2.20. The number of morpholine rings is 1. The second-order valence-electron chi connectivity index (χ2n) is 5.90. The Labute approximate surface area is 130 Å². The lowest BCUT2D eigenvalue weighted by molar-refractivity contribution is -0.0303. The third-order valence-electron chi connectivity index (χ3n) is 3.46. The summed E-state index contributed by atoms with van der Waals surface area (Å²) in [5, 5.41) is 3.50. The summed E-state index contributed by atoms with van der Waals surface area (Å²) < 4.78 is 6.96. The van der Waals surface area contributed by atoms with Crippen molar-refractivity contribution >= 4 is 15.9 Å². The van der Waals surface area contributed by atoms with Crippen LogP contribution in [0.3, 0.4) is 0 Å². The van der Waals surface area contributed by atoms with E-state index in [0.29, 0.717) is 6.10 Å². The summed E-state index contributed by atoms with van der Waals surface area (Å²) in [4.78, 5) is 2.51. The fourth-order valence-corrected chi connectivity index (χ4v) is 2.83. The van der Waals surface area contributed by atoms with Gasteiger partial charge in [-0.2, -0.15) is 0 Å². The minimum absolute atomic E-state index is 0.318. The van der Waals surface area contributed by atoms with E-state index in [0.717, 1.165) is 43.2 Å². The van der Waals surface area contributed by atoms with Gasteiger partial charge in [-0.15, -0.1) is 0 Å². The van der Waals surface area contributed by atoms with Crippen molar-refractivity contribution in [3.63, 3.8) is 0 Å². The SMILES string of the molecule is CC(C)CN1CCOC(CNCc2ccc(Br)cc2)C1. The van der Waals surface area contributed by atoms with E-state index >= 15 is 0 Å². The Hall–Kier alpha value is -0.420. The highest BCUT2D eigenvalue weighted by molar-refractivity contribution is 9.10. The molecule has 1 unspecified atom stereocenters. The van der Waals surface area contributed by atoms with Crippen LogP contribution < -0.4 is 5.32 Å². The summed E-state index contributed by atoms with van der Waals surface area (Å²) in [5.74, 6) is 0.726. The maximum absolute atomic E-state index is 5.84. The Morgan fingerprint density at radius 1 is 1.35 bits per heavy atom. The van der Waals surface area contributed by atoms with Gasteiger partial charge in [0, 0.05) is 37.2 Å². The highest BCUT2D eigenvalue weighted by atomic mass is 79.9. The Kier molecular flexibility index (Phi) is 6.49. The Bertz CT molecular complexity index is 394. The Morgan fingerprint density at radius 2 is 2.10 bits per heavy atom. The van der Waals surface area contributed by atoms with Crippen molar-refractivity contribution in [2.24, 2.45) is 5.92 Å². The van der Waals surface area contributed by atoms with E-state index in [1.54, 1.807) is 0 Å². The third kappa shape index (κ3) is 5.52. The van der Waals surface area contributed by atoms with Crippen LogP contribution in [0.1, 0.15) is 19.4 Å². The molecular weight excluding hydrogens is 316 g/mol. The fraction of sp³-hybridized carbons (Fsp3) is 0.625. The van der Waals surface area contributed by atoms with Gasteiger partial charge in [-0.3, -0.25) is 4.90 Å². The number of nitrogens with one attached hydrogen (secondary N) is 1. The summed E-state index contributed by atoms with van der Waals surface area (Å²) in [5.41, 5.74) is 1.31. The average Bonchev–Trinajstić information content (AvgIpc) is 2.41. The molecule has 0 amide bonds. The molecule has 1 atom stereocenters. The molecule has 4 heteroatoms. The molecule has 2 rings (SSSR count). The Morgan fingerprint density at radius 3 is 2.80 bits per heavy atom. The third-order valence-corrected chi connectivity index (χ3v) is 3.99. The fourth-order valence-electron chi connectivity index (χ4n) is 2.57. The van der Waals surface area contributed by atoms with Crippen LogP contribution in [0.5, 0.6) is 0 Å². The van der Waals surface area contributed by atoms with Gasteiger partial charge in [-0.1, -0.05) is 41.9 Å². The van der Waals surface area contributed by atoms with Crippen molar-refractivity contribution in [1.82, 2.24) is 10.2 Å². The van der Waals surface area contributed by atoms with Crippen LogP contribution in [0.2, 0.25) is 0 Å². The molecule has 0 aliphatic carbocycles. The van der Waals surface area contributed by atoms with Crippen molar-refractivity contribution in [2.45, 2.75) is 26.5 Å². The molecule has 0 bridgehead atoms. The maximum atomic E-state index is 5.84. The summed E-state index contributed by atoms with van der Waals surface area (Å²) in [6, 6.07) is 8.45. The predicted molar refractivity (Wildman–Crippen MR) is 86.9 cm³/mol. The first-order valence-electron chi connectivity index (χ1n) is 7.42. The molecule has 0 radical (unpaired) electrons. The van der Waals surface area contributed by atoms with Gasteiger partial charge in [0.15, 0.2) is 0 Å². The van der Waals surface area contributed by atoms with Crippen molar-refractivity contribution in [3.05, 3.63) is 34.3 Å². The van der Waals surface area contributed by atoms with Crippen LogP contribution in [0.4, 0.5) is 0 Å². The number of hydrogen-bond donors (Lipinski definition) is 1. The number of hydrogen-bond acceptors (Lipinski definition) is 3. The monoisotopic (exact) mass is 340 g/mol. The first-order chi connectivity index (χ1) is 9.63. The van der Waals surface area contributed by atoms with E-state index in [1.807, 2.05) is 0 Å². The van der Waals surface area contributed by atoms with Gasteiger partial charge in [-0.25, -0.2) is 0 Å². The van der Waals surface area contributed by atoms with Crippen molar-refractivity contribution in [1.29, 1.82) is 0 Å². The van der Waals surface area contributed by atoms with Crippen LogP contribution in [0.15, 0.2) is 28.7 Å². The van der Waals surface area contributed by atoms with Crippen LogP contribution in [0.25, 0.3) is 0 Å². The molecule has 1 fully saturated rings. The van der Waals surface area contributed by atoms with E-state index in [4.69, 9.17) is 4.74 Å². The quantitative estimate of drug-likeness (QED) is 0.861. The van der Waals surface area contributed by atoms with Crippen LogP contribution in [-0.2, 0) is 11.3 Å². The molecule has 0 saturated carbocycles. The molecule has 1 aromatic rings. The van der Waals surface area contributed by atoms with Gasteiger partial charge >= 0.3 is 0 Å². The van der Waals surface area contributed by atoms with Crippen molar-refractivity contribution < 1.29 is 4.74 Å². The molecule has 1 aliphatic rings. The molecule has 1 saturated heterocycles. The first kappa shape index (κ1) is 16.0. The molecule has 1 aromatic carbocycles. The van der Waals surface area contributed by atoms with Crippen molar-refractivity contribution in [3.8, 4) is 0 Å². The number of ether oxygens (including phenoxy) is 1. The molecule has 1 N–H and O–H groups in total. The Balaban J connectivity index is 1.69. The zero-order valence-electron chi connectivity index (χ0n) is 12.4. The van der Waals surface area contributed by atoms with Gasteiger partial charge in [-0.05, 0) is 23.6 Å². The van der Waals surface area contributed by atoms with Gasteiger partial charge in [0.1, 0.15) is 0 Å². The molecule has 1 aliphatic heterocycles. The average molecular weight is 341 g/mol. The second-order valence-corrected chi connectivity index (χ2v) is 6.82. The summed E-state index contributed by atoms with van der Waals surface area (Å²) in [6.07, 6.45) is 0.318. The second kappa shape index (κ2) is 8.13. The maximum Gasteiger partial charge on any atom is 0.0826 e. The van der Waals surface area contributed by atoms with Gasteiger partial charge in [0.2, 0.25) is 0 Å². The largest absolute Gasteiger partial charge is 0.374 e. The minimum atomic E-state index is 0.318. The lowest BCUT2D eigenvalue weighted by Gasteiger charge is -2.34. The molecule has 0 spiro atoms. The highest BCUT2D eigenvalue weighted by Crippen LogP contribution is 2.11. The molecule has 3 nitrogen and oxygen atoms in total. The molecule has 20 heavy (non-hydrogen) atoms. The van der Waals surface area contributed by atoms with Crippen LogP contribution in [0, 0.1) is 5.92 Å². The molecule has 1 heterocycles. The van der Waals surface area contributed by atoms with Gasteiger partial charge in [0.25, 0.3) is 0 Å². The van der Waals surface area contributed by atoms with E-state index in [2.05, 4.69) is 64.3 Å². The number of nitrogens with zero attached hydrogens (tertiary/aromatic N) is 1. The lowest BCUT2D eigenvalue weighted by Crippen LogP contribution is -2.47. The number of halogens is 1. The standard InChI is InChI=1S/C16H25BrN2O/c1-13(2)11-19-7-8-20-16(12-19)10-18-9-14-3-5-15(17)6-4-14/h3-6,13,16,18H,7-12H2,1-2H3. The summed E-state index contributed by atoms with van der Waals surface area (Å²) >= 11 is 3.46. The summed E-state index contributed by atoms with van der Waals surface area (Å²) in [6.45, 7) is 10.5. The van der Waals surface area contributed by atoms with Gasteiger partial charge in [0.05, 0.1) is 12.7 Å². The normalized spacial score (nSPS) is 20.5. The minimum Gasteiger partial charge on any atom is -0.374 e. The van der Waals surface area contributed by atoms with Crippen molar-refractivity contribution in [2.75, 3.05) is 32.8 Å². The van der Waals surface area contributed by atoms with E-state index < -0.39 is 0 Å². The molecular formula is C16H25BrN2O. The van der Waals surface area contributed by atoms with Crippen LogP contribution >= 0.6 is 15.9 Å². The summed E-state index contributed by atoms with van der Waals surface area (Å²) in [7, 11) is 0. The van der Waals surface area contributed by atoms with Crippen LogP contribution in [-0.4, -0.2) is 43.8 Å². The topological polar surface area (TPSA) is 24.5 Å². The smallest absolute Gasteiger partial charge is 0.0826 e. The lowest BCUT2D eigenvalue weighted by atomic mass is 10.1. The first-order valence-corrected chi connectivity index (χ1v) is 8.22. The van der Waals surface area contributed by atoms with E-state index in [1.165, 1.54) is 12.1 Å². The zero-order valence-corrected chi connectivity index (χ0v) is 14.0. The molecule has 0 aromatic heterocycles. The van der Waals surface area contributed by atoms with E-state index in [9.17, 15) is 0 Å². The number of benzene rings is 1. The zero-order chi connectivity index (χ0) is 14.4. The van der Waals surface area contributed by atoms with E-state index in [-0.39, 0.29) is 0 Å². The predicted octanol–water partition coefficient (Wildman–Crippen LogP) is 2.90. The molecule has 112 valence electrons. The van der Waals surface area contributed by atoms with Gasteiger partial charge < -0.3 is 10.1 Å². The number of rotatable bonds is 6.